The molecule has 0 bridgehead atoms. The average Bonchev–Trinajstić information content (AvgIpc) is 3.36. The van der Waals surface area contributed by atoms with Crippen LogP contribution in [-0.4, -0.2) is 31.2 Å². The Labute approximate surface area is 148 Å². The lowest BCUT2D eigenvalue weighted by Crippen LogP contribution is -2.31. The molecule has 1 aromatic heterocycles. The number of rotatable bonds is 8. The molecular formula is C18H25N3O2S. The number of aromatic nitrogens is 1. The molecule has 0 amide bonds. The predicted octanol–water partition coefficient (Wildman–Crippen LogP) is 2.71. The van der Waals surface area contributed by atoms with Gasteiger partial charge in [-0.15, -0.1) is 12.6 Å². The lowest BCUT2D eigenvalue weighted by Gasteiger charge is -2.07. The summed E-state index contributed by atoms with van der Waals surface area (Å²) >= 11 is 4.38. The van der Waals surface area contributed by atoms with Crippen LogP contribution in [0.15, 0.2) is 40.8 Å². The van der Waals surface area contributed by atoms with E-state index in [1.54, 1.807) is 0 Å². The van der Waals surface area contributed by atoms with E-state index in [2.05, 4.69) is 39.8 Å². The van der Waals surface area contributed by atoms with Crippen molar-refractivity contribution in [2.75, 3.05) is 19.5 Å². The van der Waals surface area contributed by atoms with Crippen LogP contribution in [-0.2, 0) is 16.0 Å². The summed E-state index contributed by atoms with van der Waals surface area (Å²) in [4.78, 5) is 16.6. The fourth-order valence-corrected chi connectivity index (χ4v) is 2.80. The number of nitrogens with zero attached hydrogens (tertiary/aromatic N) is 1. The number of thiol groups is 1. The van der Waals surface area contributed by atoms with Gasteiger partial charge in [-0.05, 0) is 42.2 Å². The molecule has 1 unspecified atom stereocenters. The molecule has 6 heteroatoms. The first kappa shape index (κ1) is 18.5. The largest absolute Gasteiger partial charge is 0.468 e. The van der Waals surface area contributed by atoms with E-state index in [9.17, 15) is 4.79 Å². The number of allylic oxidation sites excluding steroid dienone is 3. The molecule has 1 heterocycles. The minimum absolute atomic E-state index is 0.394. The summed E-state index contributed by atoms with van der Waals surface area (Å²) in [5.74, 6) is 1.11. The van der Waals surface area contributed by atoms with Gasteiger partial charge >= 0.3 is 5.97 Å². The first-order chi connectivity index (χ1) is 11.5. The Kier molecular flexibility index (Phi) is 6.87. The van der Waals surface area contributed by atoms with Gasteiger partial charge in [-0.25, -0.2) is 4.98 Å². The van der Waals surface area contributed by atoms with Gasteiger partial charge in [0.05, 0.1) is 7.11 Å². The minimum atomic E-state index is -0.655. The fourth-order valence-electron chi connectivity index (χ4n) is 2.53. The first-order valence-corrected chi connectivity index (χ1v) is 8.54. The van der Waals surface area contributed by atoms with Crippen LogP contribution in [0.3, 0.4) is 0 Å². The van der Waals surface area contributed by atoms with Gasteiger partial charge in [0.2, 0.25) is 0 Å². The quantitative estimate of drug-likeness (QED) is 0.498. The van der Waals surface area contributed by atoms with Crippen LogP contribution in [0.1, 0.15) is 25.0 Å². The van der Waals surface area contributed by atoms with Crippen LogP contribution in [0, 0.1) is 5.92 Å². The van der Waals surface area contributed by atoms with E-state index in [1.165, 1.54) is 12.7 Å². The molecule has 1 aliphatic carbocycles. The predicted molar refractivity (Wildman–Crippen MR) is 100.0 cm³/mol. The number of anilines is 1. The number of nitrogens with two attached hydrogens (primary N) is 1. The average molecular weight is 347 g/mol. The Morgan fingerprint density at radius 3 is 3.08 bits per heavy atom. The van der Waals surface area contributed by atoms with Gasteiger partial charge in [0.15, 0.2) is 0 Å². The normalized spacial score (nSPS) is 19.9. The summed E-state index contributed by atoms with van der Waals surface area (Å²) in [6, 6.07) is 5.40. The number of carbonyl (C=O) groups excluding carboxylic acids is 1. The summed E-state index contributed by atoms with van der Waals surface area (Å²) in [6.07, 6.45) is 7.61. The van der Waals surface area contributed by atoms with Crippen molar-refractivity contribution >= 4 is 24.4 Å². The maximum Gasteiger partial charge on any atom is 0.322 e. The SMILES string of the molecule is CNc1cccc(CCC2C/C2=C\C=C(/S)C[C@H](N)C(=O)OC)n1. The third kappa shape index (κ3) is 5.69. The Hall–Kier alpha value is -1.79. The van der Waals surface area contributed by atoms with Crippen molar-refractivity contribution in [2.24, 2.45) is 11.7 Å². The van der Waals surface area contributed by atoms with Gasteiger partial charge in [0.1, 0.15) is 11.9 Å². The van der Waals surface area contributed by atoms with Gasteiger partial charge < -0.3 is 15.8 Å². The van der Waals surface area contributed by atoms with E-state index >= 15 is 0 Å². The molecule has 3 N–H and O–H groups in total. The molecule has 2 rings (SSSR count). The molecule has 1 aromatic rings. The maximum atomic E-state index is 11.3. The second-order valence-electron chi connectivity index (χ2n) is 5.94. The van der Waals surface area contributed by atoms with Crippen LogP contribution < -0.4 is 11.1 Å². The molecule has 1 saturated carbocycles. The lowest BCUT2D eigenvalue weighted by molar-refractivity contribution is -0.142. The van der Waals surface area contributed by atoms with Crippen molar-refractivity contribution < 1.29 is 9.53 Å². The molecule has 1 fully saturated rings. The molecule has 24 heavy (non-hydrogen) atoms. The molecule has 0 aromatic carbocycles. The molecule has 1 aliphatic rings. The van der Waals surface area contributed by atoms with Crippen molar-refractivity contribution in [2.45, 2.75) is 31.7 Å². The van der Waals surface area contributed by atoms with E-state index in [4.69, 9.17) is 5.73 Å². The highest BCUT2D eigenvalue weighted by atomic mass is 32.1. The van der Waals surface area contributed by atoms with Crippen molar-refractivity contribution in [3.63, 3.8) is 0 Å². The minimum Gasteiger partial charge on any atom is -0.468 e. The van der Waals surface area contributed by atoms with Crippen LogP contribution in [0.5, 0.6) is 0 Å². The molecule has 2 atom stereocenters. The van der Waals surface area contributed by atoms with E-state index < -0.39 is 12.0 Å². The van der Waals surface area contributed by atoms with Crippen molar-refractivity contribution in [3.8, 4) is 0 Å². The lowest BCUT2D eigenvalue weighted by atomic mass is 10.1. The molecule has 5 nitrogen and oxygen atoms in total. The van der Waals surface area contributed by atoms with E-state index in [1.807, 2.05) is 25.3 Å². The Morgan fingerprint density at radius 1 is 1.58 bits per heavy atom. The van der Waals surface area contributed by atoms with Gasteiger partial charge in [0, 0.05) is 19.2 Å². The molecule has 130 valence electrons. The highest BCUT2D eigenvalue weighted by molar-refractivity contribution is 7.84. The van der Waals surface area contributed by atoms with Crippen LogP contribution in [0.2, 0.25) is 0 Å². The smallest absolute Gasteiger partial charge is 0.322 e. The second-order valence-corrected chi connectivity index (χ2v) is 6.51. The van der Waals surface area contributed by atoms with Crippen LogP contribution >= 0.6 is 12.6 Å². The number of pyridine rings is 1. The summed E-state index contributed by atoms with van der Waals surface area (Å²) < 4.78 is 4.61. The first-order valence-electron chi connectivity index (χ1n) is 8.09. The van der Waals surface area contributed by atoms with Crippen molar-refractivity contribution in [3.05, 3.63) is 46.5 Å². The molecule has 0 radical (unpaired) electrons. The third-order valence-corrected chi connectivity index (χ3v) is 4.41. The number of carbonyl (C=O) groups is 1. The summed E-state index contributed by atoms with van der Waals surface area (Å²) in [7, 11) is 3.21. The van der Waals surface area contributed by atoms with Gasteiger partial charge in [-0.1, -0.05) is 23.8 Å². The molecule has 0 aliphatic heterocycles. The summed E-state index contributed by atoms with van der Waals surface area (Å²) in [5.41, 5.74) is 8.24. The Bertz CT molecular complexity index is 643. The van der Waals surface area contributed by atoms with Crippen molar-refractivity contribution in [1.82, 2.24) is 4.98 Å². The topological polar surface area (TPSA) is 77.2 Å². The van der Waals surface area contributed by atoms with Gasteiger partial charge in [-0.2, -0.15) is 0 Å². The zero-order valence-electron chi connectivity index (χ0n) is 14.2. The molecule has 0 saturated heterocycles. The highest BCUT2D eigenvalue weighted by Crippen LogP contribution is 2.41. The maximum absolute atomic E-state index is 11.3. The highest BCUT2D eigenvalue weighted by Gasteiger charge is 2.28. The number of aryl methyl sites for hydroxylation is 1. The summed E-state index contributed by atoms with van der Waals surface area (Å²) in [5, 5.41) is 3.06. The standard InChI is InChI=1S/C18H25N3O2S/c1-20-17-5-3-4-14(21-17)8-6-12-10-13(12)7-9-15(24)11-16(19)18(22)23-2/h3-5,7,9,12,16,24H,6,8,10-11,19H2,1-2H3,(H,20,21)/b13-7+,15-9-/t12?,16-/m0/s1. The van der Waals surface area contributed by atoms with Gasteiger partial charge in [0.25, 0.3) is 0 Å². The van der Waals surface area contributed by atoms with E-state index in [-0.39, 0.29) is 0 Å². The van der Waals surface area contributed by atoms with Crippen LogP contribution in [0.25, 0.3) is 0 Å². The number of hydrogen-bond acceptors (Lipinski definition) is 6. The molecule has 0 spiro atoms. The number of nitrogens with one attached hydrogen (secondary N) is 1. The van der Waals surface area contributed by atoms with Gasteiger partial charge in [-0.3, -0.25) is 4.79 Å². The van der Waals surface area contributed by atoms with Crippen molar-refractivity contribution in [1.29, 1.82) is 0 Å². The number of hydrogen-bond donors (Lipinski definition) is 3. The van der Waals surface area contributed by atoms with E-state index in [0.29, 0.717) is 12.3 Å². The second kappa shape index (κ2) is 8.89. The number of esters is 1. The van der Waals surface area contributed by atoms with E-state index in [0.717, 1.165) is 35.7 Å². The molecular weight excluding hydrogens is 322 g/mol. The third-order valence-electron chi connectivity index (χ3n) is 4.08. The number of methoxy groups -OCH3 is 1. The Balaban J connectivity index is 1.78. The zero-order valence-corrected chi connectivity index (χ0v) is 15.1. The fraction of sp³-hybridized carbons (Fsp3) is 0.444. The number of ether oxygens (including phenoxy) is 1. The monoisotopic (exact) mass is 347 g/mol. The van der Waals surface area contributed by atoms with Crippen LogP contribution in [0.4, 0.5) is 5.82 Å². The summed E-state index contributed by atoms with van der Waals surface area (Å²) in [6.45, 7) is 0. The zero-order chi connectivity index (χ0) is 17.5. The Morgan fingerprint density at radius 2 is 2.38 bits per heavy atom.